The Bertz CT molecular complexity index is 1990. The average Bonchev–Trinajstić information content (AvgIpc) is 1.19. The molecule has 0 fully saturated rings. The van der Waals surface area contributed by atoms with Crippen LogP contribution in [0.1, 0.15) is 440 Å². The third-order valence-electron chi connectivity index (χ3n) is 20.0. The number of phosphoric ester groups is 2. The van der Waals surface area contributed by atoms with E-state index < -0.39 is 97.5 Å². The first kappa shape index (κ1) is 101. The first-order chi connectivity index (χ1) is 49.8. The second kappa shape index (κ2) is 74.2. The summed E-state index contributed by atoms with van der Waals surface area (Å²) in [6.45, 7) is 12.0. The summed E-state index contributed by atoms with van der Waals surface area (Å²) < 4.78 is 68.8. The van der Waals surface area contributed by atoms with E-state index in [1.807, 2.05) is 0 Å². The van der Waals surface area contributed by atoms with E-state index in [2.05, 4.69) is 48.5 Å². The van der Waals surface area contributed by atoms with Crippen LogP contribution in [-0.4, -0.2) is 96.7 Å². The number of carbonyl (C=O) groups is 4. The number of aliphatic hydroxyl groups excluding tert-OH is 1. The van der Waals surface area contributed by atoms with Gasteiger partial charge in [0.25, 0.3) is 0 Å². The molecule has 0 saturated heterocycles. The second-order valence-electron chi connectivity index (χ2n) is 31.4. The molecule has 0 saturated carbocycles. The lowest BCUT2D eigenvalue weighted by Crippen LogP contribution is -2.30. The molecule has 0 aliphatic carbocycles. The number of rotatable bonds is 82. The van der Waals surface area contributed by atoms with Crippen LogP contribution in [0.15, 0.2) is 0 Å². The van der Waals surface area contributed by atoms with Gasteiger partial charge in [-0.25, -0.2) is 9.13 Å². The standard InChI is InChI=1S/C84H164O17P2/c1-8-10-11-12-13-14-15-16-21-29-34-39-44-53-60-68-84(89)101-80(72-95-82(87)66-59-52-47-46-49-56-63-76(5)6)74-99-103(92,93)97-70-78(85)69-96-102(90,91)98-73-79(71-94-81(86)65-58-51-43-38-33-28-25-24-27-32-37-42-50-57-64-77(7)9-2)100-83(88)67-61-54-45-40-35-30-23-20-18-17-19-22-26-31-36-41-48-55-62-75(3)4/h75-80,85H,8-74H2,1-7H3,(H,90,91)(H,92,93)/t77?,78-,79-,80-/m1/s1. The minimum Gasteiger partial charge on any atom is -0.462 e. The Kier molecular flexibility index (Phi) is 72.8. The van der Waals surface area contributed by atoms with Crippen molar-refractivity contribution >= 4 is 39.5 Å². The summed E-state index contributed by atoms with van der Waals surface area (Å²) in [5, 5.41) is 10.7. The van der Waals surface area contributed by atoms with E-state index in [9.17, 15) is 43.2 Å². The molecule has 0 bridgehead atoms. The molecule has 0 aromatic rings. The van der Waals surface area contributed by atoms with Crippen LogP contribution in [0, 0.1) is 17.8 Å². The van der Waals surface area contributed by atoms with E-state index in [4.69, 9.17) is 37.0 Å². The van der Waals surface area contributed by atoms with Crippen LogP contribution in [0.25, 0.3) is 0 Å². The van der Waals surface area contributed by atoms with Crippen molar-refractivity contribution in [2.45, 2.75) is 458 Å². The van der Waals surface area contributed by atoms with Gasteiger partial charge in [0.15, 0.2) is 12.2 Å². The van der Waals surface area contributed by atoms with E-state index in [0.29, 0.717) is 31.6 Å². The molecular formula is C84H164O17P2. The highest BCUT2D eigenvalue weighted by Crippen LogP contribution is 2.45. The van der Waals surface area contributed by atoms with Crippen molar-refractivity contribution < 1.29 is 80.2 Å². The Morgan fingerprint density at radius 3 is 0.738 bits per heavy atom. The molecule has 0 radical (unpaired) electrons. The molecule has 3 unspecified atom stereocenters. The predicted molar refractivity (Wildman–Crippen MR) is 423 cm³/mol. The second-order valence-corrected chi connectivity index (χ2v) is 34.3. The van der Waals surface area contributed by atoms with Gasteiger partial charge in [-0.05, 0) is 43.4 Å². The Labute approximate surface area is 632 Å². The summed E-state index contributed by atoms with van der Waals surface area (Å²) >= 11 is 0. The zero-order chi connectivity index (χ0) is 75.8. The van der Waals surface area contributed by atoms with Crippen LogP contribution in [0.2, 0.25) is 0 Å². The van der Waals surface area contributed by atoms with Gasteiger partial charge in [0.05, 0.1) is 26.4 Å². The Hall–Kier alpha value is -1.94. The molecule has 3 N–H and O–H groups in total. The summed E-state index contributed by atoms with van der Waals surface area (Å²) in [7, 11) is -9.92. The highest BCUT2D eigenvalue weighted by molar-refractivity contribution is 7.47. The lowest BCUT2D eigenvalue weighted by atomic mass is 9.99. The lowest BCUT2D eigenvalue weighted by Gasteiger charge is -2.21. The Morgan fingerprint density at radius 1 is 0.282 bits per heavy atom. The number of aliphatic hydroxyl groups is 1. The van der Waals surface area contributed by atoms with Crippen LogP contribution in [0.5, 0.6) is 0 Å². The van der Waals surface area contributed by atoms with Gasteiger partial charge in [-0.3, -0.25) is 37.3 Å². The highest BCUT2D eigenvalue weighted by atomic mass is 31.2. The van der Waals surface area contributed by atoms with Crippen molar-refractivity contribution in [2.75, 3.05) is 39.6 Å². The summed E-state index contributed by atoms with van der Waals surface area (Å²) in [6.07, 6.45) is 64.0. The van der Waals surface area contributed by atoms with Crippen molar-refractivity contribution in [1.82, 2.24) is 0 Å². The van der Waals surface area contributed by atoms with Crippen LogP contribution in [0.3, 0.4) is 0 Å². The SMILES string of the molecule is CCCCCCCCCCCCCCCCCC(=O)O[C@H](COC(=O)CCCCCCCCC(C)C)COP(=O)(O)OC[C@H](O)COP(=O)(O)OC[C@@H](COC(=O)CCCCCCCCCCCCCCCCC(C)CC)OC(=O)CCCCCCCCCCCCCCCCCCCCC(C)C. The van der Waals surface area contributed by atoms with E-state index in [-0.39, 0.29) is 25.7 Å². The molecule has 0 spiro atoms. The maximum Gasteiger partial charge on any atom is 0.472 e. The zero-order valence-electron chi connectivity index (χ0n) is 67.8. The molecule has 103 heavy (non-hydrogen) atoms. The predicted octanol–water partition coefficient (Wildman–Crippen LogP) is 25.3. The molecule has 19 heteroatoms. The maximum absolute atomic E-state index is 13.1. The van der Waals surface area contributed by atoms with Gasteiger partial charge in [0, 0.05) is 25.7 Å². The summed E-state index contributed by atoms with van der Waals surface area (Å²) in [5.74, 6) is 0.241. The van der Waals surface area contributed by atoms with Crippen LogP contribution >= 0.6 is 15.6 Å². The van der Waals surface area contributed by atoms with Crippen molar-refractivity contribution in [2.24, 2.45) is 17.8 Å². The highest BCUT2D eigenvalue weighted by Gasteiger charge is 2.30. The van der Waals surface area contributed by atoms with Gasteiger partial charge in [-0.1, -0.05) is 389 Å². The van der Waals surface area contributed by atoms with Crippen LogP contribution in [-0.2, 0) is 65.4 Å². The third-order valence-corrected chi connectivity index (χ3v) is 21.9. The fourth-order valence-corrected chi connectivity index (χ4v) is 14.6. The van der Waals surface area contributed by atoms with Crippen LogP contribution in [0.4, 0.5) is 0 Å². The number of phosphoric acid groups is 2. The smallest absolute Gasteiger partial charge is 0.462 e. The number of unbranched alkanes of at least 4 members (excludes halogenated alkanes) is 49. The molecular weight excluding hydrogens is 1340 g/mol. The van der Waals surface area contributed by atoms with Gasteiger partial charge in [0.2, 0.25) is 0 Å². The molecule has 0 aromatic heterocycles. The molecule has 612 valence electrons. The van der Waals surface area contributed by atoms with Crippen molar-refractivity contribution in [3.63, 3.8) is 0 Å². The van der Waals surface area contributed by atoms with E-state index in [1.54, 1.807) is 0 Å². The molecule has 0 rings (SSSR count). The Balaban J connectivity index is 5.22. The topological polar surface area (TPSA) is 237 Å². The summed E-state index contributed by atoms with van der Waals surface area (Å²) in [6, 6.07) is 0. The van der Waals surface area contributed by atoms with Gasteiger partial charge in [-0.15, -0.1) is 0 Å². The van der Waals surface area contributed by atoms with Crippen molar-refractivity contribution in [3.8, 4) is 0 Å². The molecule has 0 amide bonds. The normalized spacial score (nSPS) is 14.2. The largest absolute Gasteiger partial charge is 0.472 e. The lowest BCUT2D eigenvalue weighted by molar-refractivity contribution is -0.161. The van der Waals surface area contributed by atoms with Gasteiger partial charge >= 0.3 is 39.5 Å². The molecule has 0 aliphatic heterocycles. The van der Waals surface area contributed by atoms with Crippen molar-refractivity contribution in [1.29, 1.82) is 0 Å². The minimum absolute atomic E-state index is 0.107. The molecule has 0 aliphatic rings. The molecule has 0 aromatic carbocycles. The van der Waals surface area contributed by atoms with E-state index >= 15 is 0 Å². The summed E-state index contributed by atoms with van der Waals surface area (Å²) in [5.41, 5.74) is 0. The minimum atomic E-state index is -4.96. The average molecular weight is 1510 g/mol. The molecule has 17 nitrogen and oxygen atoms in total. The fraction of sp³-hybridized carbons (Fsp3) is 0.952. The number of ether oxygens (including phenoxy) is 4. The zero-order valence-corrected chi connectivity index (χ0v) is 69.6. The number of esters is 4. The quantitative estimate of drug-likeness (QED) is 0.0222. The maximum atomic E-state index is 13.1. The van der Waals surface area contributed by atoms with Crippen molar-refractivity contribution in [3.05, 3.63) is 0 Å². The number of hydrogen-bond acceptors (Lipinski definition) is 15. The first-order valence-electron chi connectivity index (χ1n) is 43.4. The summed E-state index contributed by atoms with van der Waals surface area (Å²) in [4.78, 5) is 73.1. The number of hydrogen-bond donors (Lipinski definition) is 3. The molecule has 0 heterocycles. The monoisotopic (exact) mass is 1510 g/mol. The third kappa shape index (κ3) is 76.6. The molecule has 6 atom stereocenters. The number of carbonyl (C=O) groups excluding carboxylic acids is 4. The van der Waals surface area contributed by atoms with Crippen LogP contribution < -0.4 is 0 Å². The van der Waals surface area contributed by atoms with E-state index in [0.717, 1.165) is 108 Å². The van der Waals surface area contributed by atoms with Gasteiger partial charge in [-0.2, -0.15) is 0 Å². The van der Waals surface area contributed by atoms with Gasteiger partial charge in [0.1, 0.15) is 19.3 Å². The van der Waals surface area contributed by atoms with Gasteiger partial charge < -0.3 is 33.8 Å². The first-order valence-corrected chi connectivity index (χ1v) is 46.4. The fourth-order valence-electron chi connectivity index (χ4n) is 13.0. The Morgan fingerprint density at radius 2 is 0.495 bits per heavy atom. The van der Waals surface area contributed by atoms with E-state index in [1.165, 1.54) is 244 Å².